The Bertz CT molecular complexity index is 722. The Morgan fingerprint density at radius 2 is 1.74 bits per heavy atom. The molecule has 0 heterocycles. The lowest BCUT2D eigenvalue weighted by Gasteiger charge is -2.16. The molecular weight excluding hydrogens is 309 g/mol. The van der Waals surface area contributed by atoms with Crippen LogP contribution < -0.4 is 0 Å². The molecule has 0 aliphatic heterocycles. The Hall–Kier alpha value is -2.37. The predicted octanol–water partition coefficient (Wildman–Crippen LogP) is 3.69. The van der Waals surface area contributed by atoms with E-state index >= 15 is 0 Å². The van der Waals surface area contributed by atoms with E-state index in [0.717, 1.165) is 10.8 Å². The maximum absolute atomic E-state index is 12.7. The Kier molecular flexibility index (Phi) is 5.03. The van der Waals surface area contributed by atoms with Crippen molar-refractivity contribution in [2.75, 3.05) is 6.61 Å². The van der Waals surface area contributed by atoms with Gasteiger partial charge < -0.3 is 4.74 Å². The molecule has 0 bridgehead atoms. The van der Waals surface area contributed by atoms with Crippen LogP contribution in [0.2, 0.25) is 0 Å². The van der Waals surface area contributed by atoms with Crippen molar-refractivity contribution < 1.29 is 27.5 Å². The Balaban J connectivity index is 2.31. The SMILES string of the molecule is CCOC(=O)C(Cc1ccc2ccccc2c1)C(=O)C(F)(F)F. The second-order valence-electron chi connectivity index (χ2n) is 5.05. The molecule has 0 amide bonds. The molecule has 3 nitrogen and oxygen atoms in total. The Labute approximate surface area is 131 Å². The van der Waals surface area contributed by atoms with Crippen LogP contribution in [0.1, 0.15) is 12.5 Å². The summed E-state index contributed by atoms with van der Waals surface area (Å²) in [5, 5.41) is 1.75. The second kappa shape index (κ2) is 6.81. The van der Waals surface area contributed by atoms with Crippen LogP contribution in [-0.2, 0) is 20.7 Å². The fraction of sp³-hybridized carbons (Fsp3) is 0.294. The zero-order chi connectivity index (χ0) is 17.0. The number of ketones is 1. The predicted molar refractivity (Wildman–Crippen MR) is 78.8 cm³/mol. The van der Waals surface area contributed by atoms with Crippen molar-refractivity contribution in [3.05, 3.63) is 48.0 Å². The highest BCUT2D eigenvalue weighted by Gasteiger charge is 2.46. The van der Waals surface area contributed by atoms with Crippen LogP contribution in [0, 0.1) is 5.92 Å². The van der Waals surface area contributed by atoms with Crippen molar-refractivity contribution in [3.63, 3.8) is 0 Å². The first-order valence-electron chi connectivity index (χ1n) is 7.08. The number of hydrogen-bond acceptors (Lipinski definition) is 3. The first kappa shape index (κ1) is 17.0. The molecule has 1 unspecified atom stereocenters. The average Bonchev–Trinajstić information content (AvgIpc) is 2.51. The topological polar surface area (TPSA) is 43.4 Å². The van der Waals surface area contributed by atoms with E-state index < -0.39 is 23.8 Å². The molecule has 0 aromatic heterocycles. The average molecular weight is 324 g/mol. The number of ether oxygens (including phenoxy) is 1. The van der Waals surface area contributed by atoms with Crippen molar-refractivity contribution in [1.29, 1.82) is 0 Å². The fourth-order valence-corrected chi connectivity index (χ4v) is 2.32. The number of esters is 1. The number of carbonyl (C=O) groups is 2. The Morgan fingerprint density at radius 3 is 2.35 bits per heavy atom. The summed E-state index contributed by atoms with van der Waals surface area (Å²) < 4.78 is 42.7. The number of rotatable bonds is 5. The molecule has 0 spiro atoms. The van der Waals surface area contributed by atoms with E-state index in [9.17, 15) is 22.8 Å². The first-order valence-corrected chi connectivity index (χ1v) is 7.08. The highest BCUT2D eigenvalue weighted by atomic mass is 19.4. The lowest BCUT2D eigenvalue weighted by molar-refractivity contribution is -0.180. The van der Waals surface area contributed by atoms with Crippen LogP contribution in [0.5, 0.6) is 0 Å². The molecule has 2 aromatic rings. The van der Waals surface area contributed by atoms with E-state index in [0.29, 0.717) is 5.56 Å². The van der Waals surface area contributed by atoms with Gasteiger partial charge >= 0.3 is 12.1 Å². The molecule has 0 saturated carbocycles. The molecule has 2 rings (SSSR count). The number of fused-ring (bicyclic) bond motifs is 1. The number of halogens is 3. The monoisotopic (exact) mass is 324 g/mol. The minimum atomic E-state index is -5.08. The van der Waals surface area contributed by atoms with Crippen LogP contribution >= 0.6 is 0 Å². The normalized spacial score (nSPS) is 12.9. The van der Waals surface area contributed by atoms with E-state index in [4.69, 9.17) is 0 Å². The lowest BCUT2D eigenvalue weighted by atomic mass is 9.93. The van der Waals surface area contributed by atoms with Gasteiger partial charge in [0.05, 0.1) is 6.61 Å². The van der Waals surface area contributed by atoms with Crippen molar-refractivity contribution in [1.82, 2.24) is 0 Å². The molecule has 6 heteroatoms. The number of alkyl halides is 3. The van der Waals surface area contributed by atoms with E-state index in [2.05, 4.69) is 4.74 Å². The highest BCUT2D eigenvalue weighted by Crippen LogP contribution is 2.25. The summed E-state index contributed by atoms with van der Waals surface area (Å²) in [6.45, 7) is 1.39. The summed E-state index contributed by atoms with van der Waals surface area (Å²) in [6.07, 6.45) is -5.42. The molecule has 0 fully saturated rings. The van der Waals surface area contributed by atoms with Gasteiger partial charge in [0.2, 0.25) is 0 Å². The molecule has 122 valence electrons. The minimum absolute atomic E-state index is 0.0851. The highest BCUT2D eigenvalue weighted by molar-refractivity contribution is 6.02. The second-order valence-corrected chi connectivity index (χ2v) is 5.05. The third-order valence-electron chi connectivity index (χ3n) is 3.42. The van der Waals surface area contributed by atoms with Gasteiger partial charge in [-0.15, -0.1) is 0 Å². The van der Waals surface area contributed by atoms with Gasteiger partial charge in [0.1, 0.15) is 5.92 Å². The van der Waals surface area contributed by atoms with Gasteiger partial charge in [-0.25, -0.2) is 0 Å². The zero-order valence-electron chi connectivity index (χ0n) is 12.4. The van der Waals surface area contributed by atoms with Crippen LogP contribution in [0.15, 0.2) is 42.5 Å². The first-order chi connectivity index (χ1) is 10.8. The summed E-state index contributed by atoms with van der Waals surface area (Å²) in [5.41, 5.74) is 0.472. The van der Waals surface area contributed by atoms with E-state index in [1.54, 1.807) is 24.3 Å². The number of benzene rings is 2. The third kappa shape index (κ3) is 4.09. The molecular formula is C17H15F3O3. The van der Waals surface area contributed by atoms with Gasteiger partial charge in [-0.3, -0.25) is 9.59 Å². The quantitative estimate of drug-likeness (QED) is 0.622. The summed E-state index contributed by atoms with van der Waals surface area (Å²) in [6, 6.07) is 12.3. The van der Waals surface area contributed by atoms with Crippen LogP contribution in [0.3, 0.4) is 0 Å². The van der Waals surface area contributed by atoms with E-state index in [1.165, 1.54) is 6.92 Å². The summed E-state index contributed by atoms with van der Waals surface area (Å²) in [4.78, 5) is 23.3. The van der Waals surface area contributed by atoms with Gasteiger partial charge in [-0.2, -0.15) is 13.2 Å². The van der Waals surface area contributed by atoms with Gasteiger partial charge in [-0.1, -0.05) is 42.5 Å². The summed E-state index contributed by atoms with van der Waals surface area (Å²) in [7, 11) is 0. The van der Waals surface area contributed by atoms with Crippen molar-refractivity contribution in [2.45, 2.75) is 19.5 Å². The standard InChI is InChI=1S/C17H15F3O3/c1-2-23-16(22)14(15(21)17(18,19)20)10-11-7-8-12-5-3-4-6-13(12)9-11/h3-9,14H,2,10H2,1H3. The molecule has 0 radical (unpaired) electrons. The molecule has 0 aliphatic carbocycles. The van der Waals surface area contributed by atoms with Gasteiger partial charge in [0, 0.05) is 0 Å². The molecule has 0 aliphatic rings. The maximum atomic E-state index is 12.7. The number of hydrogen-bond donors (Lipinski definition) is 0. The van der Waals surface area contributed by atoms with E-state index in [-0.39, 0.29) is 13.0 Å². The lowest BCUT2D eigenvalue weighted by Crippen LogP contribution is -2.37. The van der Waals surface area contributed by atoms with Gasteiger partial charge in [-0.05, 0) is 29.7 Å². The van der Waals surface area contributed by atoms with E-state index in [1.807, 2.05) is 18.2 Å². The smallest absolute Gasteiger partial charge is 0.450 e. The van der Waals surface area contributed by atoms with Crippen molar-refractivity contribution in [3.8, 4) is 0 Å². The fourth-order valence-electron chi connectivity index (χ4n) is 2.32. The molecule has 23 heavy (non-hydrogen) atoms. The molecule has 1 atom stereocenters. The van der Waals surface area contributed by atoms with Crippen molar-refractivity contribution >= 4 is 22.5 Å². The third-order valence-corrected chi connectivity index (χ3v) is 3.42. The van der Waals surface area contributed by atoms with Gasteiger partial charge in [0.25, 0.3) is 5.78 Å². The Morgan fingerprint density at radius 1 is 1.09 bits per heavy atom. The van der Waals surface area contributed by atoms with Crippen LogP contribution in [0.4, 0.5) is 13.2 Å². The summed E-state index contributed by atoms with van der Waals surface area (Å²) >= 11 is 0. The molecule has 0 saturated heterocycles. The van der Waals surface area contributed by atoms with Crippen LogP contribution in [0.25, 0.3) is 10.8 Å². The largest absolute Gasteiger partial charge is 0.465 e. The van der Waals surface area contributed by atoms with Crippen molar-refractivity contribution in [2.24, 2.45) is 5.92 Å². The van der Waals surface area contributed by atoms with Gasteiger partial charge in [0.15, 0.2) is 0 Å². The molecule has 0 N–H and O–H groups in total. The zero-order valence-corrected chi connectivity index (χ0v) is 12.4. The summed E-state index contributed by atoms with van der Waals surface area (Å²) in [5.74, 6) is -5.11. The maximum Gasteiger partial charge on any atom is 0.450 e. The number of carbonyl (C=O) groups excluding carboxylic acids is 2. The minimum Gasteiger partial charge on any atom is -0.465 e. The number of Topliss-reactive ketones (excluding diaryl/α,β-unsaturated/α-hetero) is 1. The molecule has 2 aromatic carbocycles. The van der Waals surface area contributed by atoms with Crippen LogP contribution in [-0.4, -0.2) is 24.5 Å².